The van der Waals surface area contributed by atoms with Gasteiger partial charge in [-0.05, 0) is 43.7 Å². The van der Waals surface area contributed by atoms with Gasteiger partial charge in [0.05, 0.1) is 10.7 Å². The van der Waals surface area contributed by atoms with Crippen LogP contribution in [0.2, 0.25) is 0 Å². The smallest absolute Gasteiger partial charge is 0.319 e. The van der Waals surface area contributed by atoms with Crippen molar-refractivity contribution in [1.29, 1.82) is 0 Å². The average Bonchev–Trinajstić information content (AvgIpc) is 2.66. The van der Waals surface area contributed by atoms with Crippen LogP contribution in [-0.4, -0.2) is 27.8 Å². The third-order valence-corrected chi connectivity index (χ3v) is 4.78. The van der Waals surface area contributed by atoms with Crippen molar-refractivity contribution in [3.8, 4) is 0 Å². The normalized spacial score (nSPS) is 11.5. The van der Waals surface area contributed by atoms with Crippen molar-refractivity contribution in [2.45, 2.75) is 25.7 Å². The highest BCUT2D eigenvalue weighted by molar-refractivity contribution is 8.01. The summed E-state index contributed by atoms with van der Waals surface area (Å²) in [6.07, 6.45) is 0. The number of non-ortho nitro benzene ring substituents is 1. The lowest BCUT2D eigenvalue weighted by molar-refractivity contribution is -0.384. The Morgan fingerprint density at radius 1 is 1.15 bits per heavy atom. The lowest BCUT2D eigenvalue weighted by Gasteiger charge is -2.11. The number of amides is 1. The zero-order valence-electron chi connectivity index (χ0n) is 15.0. The fourth-order valence-corrected chi connectivity index (χ4v) is 2.77. The monoisotopic (exact) mass is 388 g/mol. The molecule has 0 radical (unpaired) electrons. The molecule has 0 aliphatic heterocycles. The Kier molecular flexibility index (Phi) is 7.36. The van der Waals surface area contributed by atoms with E-state index in [0.29, 0.717) is 11.3 Å². The quantitative estimate of drug-likeness (QED) is 0.420. The Morgan fingerprint density at radius 2 is 1.78 bits per heavy atom. The van der Waals surface area contributed by atoms with Crippen LogP contribution in [0.15, 0.2) is 48.5 Å². The zero-order valence-corrected chi connectivity index (χ0v) is 15.8. The molecule has 2 rings (SSSR count). The summed E-state index contributed by atoms with van der Waals surface area (Å²) < 4.78 is 5.19. The van der Waals surface area contributed by atoms with Gasteiger partial charge in [0, 0.05) is 17.8 Å². The van der Waals surface area contributed by atoms with Gasteiger partial charge in [-0.3, -0.25) is 19.7 Å². The summed E-state index contributed by atoms with van der Waals surface area (Å²) in [5, 5.41) is 12.9. The first-order valence-corrected chi connectivity index (χ1v) is 9.28. The van der Waals surface area contributed by atoms with Crippen LogP contribution in [-0.2, 0) is 20.9 Å². The number of nitrogens with zero attached hydrogens (tertiary/aromatic N) is 1. The summed E-state index contributed by atoms with van der Waals surface area (Å²) in [4.78, 5) is 34.1. The zero-order chi connectivity index (χ0) is 19.8. The van der Waals surface area contributed by atoms with Crippen LogP contribution in [0.25, 0.3) is 0 Å². The van der Waals surface area contributed by atoms with Gasteiger partial charge in [0.2, 0.25) is 5.91 Å². The highest BCUT2D eigenvalue weighted by atomic mass is 32.2. The van der Waals surface area contributed by atoms with Crippen LogP contribution in [0, 0.1) is 17.0 Å². The van der Waals surface area contributed by atoms with Crippen molar-refractivity contribution >= 4 is 35.0 Å². The van der Waals surface area contributed by atoms with Crippen molar-refractivity contribution in [3.05, 3.63) is 69.8 Å². The molecule has 1 amide bonds. The second-order valence-electron chi connectivity index (χ2n) is 5.90. The van der Waals surface area contributed by atoms with Crippen molar-refractivity contribution in [2.75, 3.05) is 11.1 Å². The molecular formula is C19H20N2O5S. The van der Waals surface area contributed by atoms with Crippen molar-refractivity contribution < 1.29 is 19.2 Å². The van der Waals surface area contributed by atoms with Gasteiger partial charge in [-0.1, -0.05) is 17.7 Å². The molecule has 0 spiro atoms. The van der Waals surface area contributed by atoms with E-state index in [2.05, 4.69) is 5.32 Å². The number of anilines is 1. The number of nitrogens with one attached hydrogen (secondary N) is 1. The minimum absolute atomic E-state index is 0.0198. The molecule has 8 heteroatoms. The minimum Gasteiger partial charge on any atom is -0.460 e. The van der Waals surface area contributed by atoms with Crippen molar-refractivity contribution in [1.82, 2.24) is 0 Å². The molecule has 142 valence electrons. The molecule has 2 aromatic rings. The third-order valence-electron chi connectivity index (χ3n) is 3.66. The topological polar surface area (TPSA) is 98.5 Å². The molecule has 0 saturated heterocycles. The first kappa shape index (κ1) is 20.4. The number of hydrogen-bond donors (Lipinski definition) is 1. The first-order chi connectivity index (χ1) is 12.8. The summed E-state index contributed by atoms with van der Waals surface area (Å²) in [5.41, 5.74) is 2.45. The van der Waals surface area contributed by atoms with Gasteiger partial charge in [0.25, 0.3) is 5.69 Å². The predicted molar refractivity (Wildman–Crippen MR) is 105 cm³/mol. The number of nitro groups is 1. The van der Waals surface area contributed by atoms with Gasteiger partial charge in [-0.2, -0.15) is 0 Å². The van der Waals surface area contributed by atoms with Gasteiger partial charge in [0.15, 0.2) is 0 Å². The summed E-state index contributed by atoms with van der Waals surface area (Å²) >= 11 is 1.18. The van der Waals surface area contributed by atoms with Gasteiger partial charge in [-0.15, -0.1) is 11.8 Å². The molecule has 7 nitrogen and oxygen atoms in total. The maximum atomic E-state index is 12.0. The maximum absolute atomic E-state index is 12.0. The molecular weight excluding hydrogens is 368 g/mol. The summed E-state index contributed by atoms with van der Waals surface area (Å²) in [6, 6.07) is 13.2. The molecule has 0 aromatic heterocycles. The Balaban J connectivity index is 1.73. The van der Waals surface area contributed by atoms with Crippen LogP contribution in [0.1, 0.15) is 18.1 Å². The number of carbonyl (C=O) groups is 2. The predicted octanol–water partition coefficient (Wildman–Crippen LogP) is 3.71. The van der Waals surface area contributed by atoms with Gasteiger partial charge in [0.1, 0.15) is 11.9 Å². The Bertz CT molecular complexity index is 806. The van der Waals surface area contributed by atoms with Crippen LogP contribution in [0.4, 0.5) is 11.4 Å². The number of aryl methyl sites for hydroxylation is 1. The molecule has 0 aliphatic carbocycles. The molecule has 0 saturated carbocycles. The minimum atomic E-state index is -0.508. The summed E-state index contributed by atoms with van der Waals surface area (Å²) in [5.74, 6) is -0.512. The molecule has 27 heavy (non-hydrogen) atoms. The third kappa shape index (κ3) is 6.74. The second kappa shape index (κ2) is 9.72. The molecule has 1 N–H and O–H groups in total. The van der Waals surface area contributed by atoms with Crippen molar-refractivity contribution in [2.24, 2.45) is 0 Å². The number of nitro benzene ring substituents is 1. The van der Waals surface area contributed by atoms with Crippen LogP contribution in [0.3, 0.4) is 0 Å². The number of carbonyl (C=O) groups excluding carboxylic acids is 2. The summed E-state index contributed by atoms with van der Waals surface area (Å²) in [6.45, 7) is 3.66. The van der Waals surface area contributed by atoms with E-state index >= 15 is 0 Å². The van der Waals surface area contributed by atoms with E-state index < -0.39 is 16.1 Å². The second-order valence-corrected chi connectivity index (χ2v) is 7.23. The molecule has 2 aromatic carbocycles. The number of benzene rings is 2. The lowest BCUT2D eigenvalue weighted by Crippen LogP contribution is -2.21. The standard InChI is InChI=1S/C19H20N2O5S/c1-13-3-7-16(8-4-13)20-18(22)12-27-14(2)19(23)26-11-15-5-9-17(10-6-15)21(24)25/h3-10,14H,11-12H2,1-2H3,(H,20,22). The van der Waals surface area contributed by atoms with E-state index in [9.17, 15) is 19.7 Å². The number of esters is 1. The van der Waals surface area contributed by atoms with E-state index in [1.807, 2.05) is 31.2 Å². The average molecular weight is 388 g/mol. The van der Waals surface area contributed by atoms with Gasteiger partial charge < -0.3 is 10.1 Å². The number of rotatable bonds is 8. The fraction of sp³-hybridized carbons (Fsp3) is 0.263. The van der Waals surface area contributed by atoms with E-state index in [0.717, 1.165) is 5.56 Å². The van der Waals surface area contributed by atoms with Crippen LogP contribution >= 0.6 is 11.8 Å². The number of hydrogen-bond acceptors (Lipinski definition) is 6. The number of ether oxygens (including phenoxy) is 1. The highest BCUT2D eigenvalue weighted by Gasteiger charge is 2.17. The lowest BCUT2D eigenvalue weighted by atomic mass is 10.2. The molecule has 1 unspecified atom stereocenters. The van der Waals surface area contributed by atoms with E-state index in [-0.39, 0.29) is 24.0 Å². The molecule has 0 bridgehead atoms. The van der Waals surface area contributed by atoms with Gasteiger partial charge in [-0.25, -0.2) is 0 Å². The Labute approximate surface area is 161 Å². The summed E-state index contributed by atoms with van der Waals surface area (Å²) in [7, 11) is 0. The van der Waals surface area contributed by atoms with E-state index in [4.69, 9.17) is 4.74 Å². The largest absolute Gasteiger partial charge is 0.460 e. The molecule has 0 fully saturated rings. The molecule has 1 atom stereocenters. The van der Waals surface area contributed by atoms with Gasteiger partial charge >= 0.3 is 5.97 Å². The van der Waals surface area contributed by atoms with Crippen LogP contribution < -0.4 is 5.32 Å². The number of thioether (sulfide) groups is 1. The Morgan fingerprint density at radius 3 is 2.37 bits per heavy atom. The SMILES string of the molecule is Cc1ccc(NC(=O)CSC(C)C(=O)OCc2ccc([N+](=O)[O-])cc2)cc1. The van der Waals surface area contributed by atoms with E-state index in [1.165, 1.54) is 36.0 Å². The van der Waals surface area contributed by atoms with Crippen molar-refractivity contribution in [3.63, 3.8) is 0 Å². The fourth-order valence-electron chi connectivity index (χ4n) is 2.09. The molecule has 0 heterocycles. The van der Waals surface area contributed by atoms with Crippen LogP contribution in [0.5, 0.6) is 0 Å². The first-order valence-electron chi connectivity index (χ1n) is 8.23. The highest BCUT2D eigenvalue weighted by Crippen LogP contribution is 2.16. The molecule has 0 aliphatic rings. The van der Waals surface area contributed by atoms with E-state index in [1.54, 1.807) is 6.92 Å². The Hall–Kier alpha value is -2.87. The maximum Gasteiger partial charge on any atom is 0.319 e.